The van der Waals surface area contributed by atoms with Gasteiger partial charge in [0.1, 0.15) is 0 Å². The van der Waals surface area contributed by atoms with E-state index in [0.717, 1.165) is 33.6 Å². The van der Waals surface area contributed by atoms with E-state index >= 15 is 0 Å². The fourth-order valence-electron chi connectivity index (χ4n) is 2.52. The number of hydrogen-bond acceptors (Lipinski definition) is 3. The first kappa shape index (κ1) is 18.1. The Morgan fingerprint density at radius 3 is 2.40 bits per heavy atom. The van der Waals surface area contributed by atoms with Crippen LogP contribution in [0.5, 0.6) is 0 Å². The topological polar surface area (TPSA) is 28.2 Å². The zero-order valence-corrected chi connectivity index (χ0v) is 16.0. The fraction of sp³-hybridized carbons (Fsp3) is 0.667. The summed E-state index contributed by atoms with van der Waals surface area (Å²) in [6, 6.07) is 2.60. The molecule has 1 atom stereocenters. The lowest BCUT2D eigenvalue weighted by Crippen LogP contribution is -2.42. The van der Waals surface area contributed by atoms with Crippen molar-refractivity contribution in [1.82, 2.24) is 15.2 Å². The van der Waals surface area contributed by atoms with Gasteiger partial charge in [0, 0.05) is 34.3 Å². The van der Waals surface area contributed by atoms with Crippen molar-refractivity contribution in [3.8, 4) is 0 Å². The van der Waals surface area contributed by atoms with Crippen LogP contribution in [0, 0.1) is 5.92 Å². The third-order valence-corrected chi connectivity index (χ3v) is 4.91. The van der Waals surface area contributed by atoms with Crippen LogP contribution in [0.2, 0.25) is 0 Å². The highest BCUT2D eigenvalue weighted by atomic mass is 79.9. The van der Waals surface area contributed by atoms with Crippen molar-refractivity contribution < 1.29 is 0 Å². The van der Waals surface area contributed by atoms with Gasteiger partial charge < -0.3 is 10.2 Å². The molecule has 3 nitrogen and oxygen atoms in total. The molecule has 114 valence electrons. The van der Waals surface area contributed by atoms with Crippen molar-refractivity contribution >= 4 is 31.9 Å². The Labute approximate surface area is 139 Å². The molecule has 20 heavy (non-hydrogen) atoms. The van der Waals surface area contributed by atoms with Crippen LogP contribution >= 0.6 is 31.9 Å². The maximum Gasteiger partial charge on any atom is 0.0684 e. The lowest BCUT2D eigenvalue weighted by atomic mass is 9.93. The van der Waals surface area contributed by atoms with E-state index in [-0.39, 0.29) is 0 Å². The molecule has 1 unspecified atom stereocenters. The van der Waals surface area contributed by atoms with Gasteiger partial charge in [0.25, 0.3) is 0 Å². The van der Waals surface area contributed by atoms with Crippen molar-refractivity contribution in [3.05, 3.63) is 26.9 Å². The van der Waals surface area contributed by atoms with E-state index in [1.807, 2.05) is 12.3 Å². The highest BCUT2D eigenvalue weighted by molar-refractivity contribution is 9.11. The van der Waals surface area contributed by atoms with E-state index in [1.165, 1.54) is 12.8 Å². The van der Waals surface area contributed by atoms with E-state index in [2.05, 4.69) is 75.0 Å². The summed E-state index contributed by atoms with van der Waals surface area (Å²) in [6.07, 6.45) is 4.29. The summed E-state index contributed by atoms with van der Waals surface area (Å²) in [4.78, 5) is 6.76. The van der Waals surface area contributed by atoms with Crippen LogP contribution in [0.15, 0.2) is 21.2 Å². The Bertz CT molecular complexity index is 406. The molecule has 5 heteroatoms. The van der Waals surface area contributed by atoms with E-state index in [9.17, 15) is 0 Å². The van der Waals surface area contributed by atoms with E-state index in [1.54, 1.807) is 0 Å². The third-order valence-electron chi connectivity index (χ3n) is 3.79. The number of rotatable bonds is 8. The number of likely N-dealkylation sites (N-methyl/N-ethyl adjacent to an activating group) is 1. The van der Waals surface area contributed by atoms with Gasteiger partial charge in [-0.05, 0) is 57.9 Å². The molecule has 0 fully saturated rings. The number of nitrogens with zero attached hydrogens (tertiary/aromatic N) is 2. The number of nitrogens with one attached hydrogen (secondary N) is 1. The highest BCUT2D eigenvalue weighted by Gasteiger charge is 2.20. The van der Waals surface area contributed by atoms with Crippen LogP contribution in [0.1, 0.15) is 32.4 Å². The number of halogens is 2. The Balaban J connectivity index is 2.56. The summed E-state index contributed by atoms with van der Waals surface area (Å²) in [6.45, 7) is 6.33. The molecule has 0 spiro atoms. The first-order valence-electron chi connectivity index (χ1n) is 7.16. The molecule has 1 rings (SSSR count). The van der Waals surface area contributed by atoms with Gasteiger partial charge in [0.2, 0.25) is 0 Å². The molecule has 0 radical (unpaired) electrons. The molecule has 1 aromatic rings. The fourth-order valence-corrected chi connectivity index (χ4v) is 3.64. The smallest absolute Gasteiger partial charge is 0.0684 e. The van der Waals surface area contributed by atoms with Crippen LogP contribution in [0.3, 0.4) is 0 Å². The second-order valence-electron chi connectivity index (χ2n) is 5.32. The van der Waals surface area contributed by atoms with Crippen LogP contribution in [-0.2, 0) is 6.54 Å². The molecule has 1 N–H and O–H groups in total. The minimum atomic E-state index is 0.569. The van der Waals surface area contributed by atoms with Gasteiger partial charge in [-0.15, -0.1) is 0 Å². The number of aromatic nitrogens is 1. The summed E-state index contributed by atoms with van der Waals surface area (Å²) in [5, 5.41) is 3.54. The molecule has 0 amide bonds. The molecule has 0 aliphatic carbocycles. The van der Waals surface area contributed by atoms with Crippen molar-refractivity contribution in [3.63, 3.8) is 0 Å². The number of hydrogen-bond donors (Lipinski definition) is 1. The predicted octanol–water partition coefficient (Wildman–Crippen LogP) is 4.06. The average Bonchev–Trinajstić information content (AvgIpc) is 2.40. The largest absolute Gasteiger partial charge is 0.310 e. The standard InChI is InChI=1S/C15H25Br2N3/c1-5-11(6-2)15(20(3)4)10-18-9-14-13(17)7-12(16)8-19-14/h7-8,11,15,18H,5-6,9-10H2,1-4H3. The maximum atomic E-state index is 4.43. The van der Waals surface area contributed by atoms with Gasteiger partial charge in [-0.25, -0.2) is 0 Å². The summed E-state index contributed by atoms with van der Waals surface area (Å²) in [7, 11) is 4.33. The predicted molar refractivity (Wildman–Crippen MR) is 92.9 cm³/mol. The van der Waals surface area contributed by atoms with Crippen LogP contribution in [0.25, 0.3) is 0 Å². The van der Waals surface area contributed by atoms with E-state index in [0.29, 0.717) is 6.04 Å². The highest BCUT2D eigenvalue weighted by Crippen LogP contribution is 2.20. The van der Waals surface area contributed by atoms with Crippen LogP contribution < -0.4 is 5.32 Å². The van der Waals surface area contributed by atoms with Gasteiger partial charge in [0.05, 0.1) is 5.69 Å². The normalized spacial score (nSPS) is 13.2. The quantitative estimate of drug-likeness (QED) is 0.705. The summed E-state index contributed by atoms with van der Waals surface area (Å²) in [5.41, 5.74) is 1.05. The van der Waals surface area contributed by atoms with Gasteiger partial charge in [0.15, 0.2) is 0 Å². The molecule has 1 heterocycles. The van der Waals surface area contributed by atoms with Crippen molar-refractivity contribution in [1.29, 1.82) is 0 Å². The zero-order valence-electron chi connectivity index (χ0n) is 12.8. The minimum Gasteiger partial charge on any atom is -0.310 e. The molecule has 0 saturated heterocycles. The average molecular weight is 407 g/mol. The molecule has 0 saturated carbocycles. The molecular weight excluding hydrogens is 382 g/mol. The third kappa shape index (κ3) is 5.43. The first-order chi connectivity index (χ1) is 9.49. The van der Waals surface area contributed by atoms with E-state index in [4.69, 9.17) is 0 Å². The summed E-state index contributed by atoms with van der Waals surface area (Å²) < 4.78 is 2.04. The van der Waals surface area contributed by atoms with E-state index < -0.39 is 0 Å². The molecule has 0 aliphatic heterocycles. The second-order valence-corrected chi connectivity index (χ2v) is 7.09. The number of pyridine rings is 1. The van der Waals surface area contributed by atoms with Crippen molar-refractivity contribution in [2.75, 3.05) is 20.6 Å². The van der Waals surface area contributed by atoms with Crippen LogP contribution in [0.4, 0.5) is 0 Å². The Kier molecular flexibility index (Phi) is 8.25. The maximum absolute atomic E-state index is 4.43. The first-order valence-corrected chi connectivity index (χ1v) is 8.75. The molecular formula is C15H25Br2N3. The van der Waals surface area contributed by atoms with Crippen molar-refractivity contribution in [2.24, 2.45) is 5.92 Å². The molecule has 0 bridgehead atoms. The van der Waals surface area contributed by atoms with Gasteiger partial charge in [-0.2, -0.15) is 0 Å². The minimum absolute atomic E-state index is 0.569. The molecule has 1 aromatic heterocycles. The lowest BCUT2D eigenvalue weighted by Gasteiger charge is -2.31. The van der Waals surface area contributed by atoms with Crippen LogP contribution in [-0.4, -0.2) is 36.6 Å². The van der Waals surface area contributed by atoms with Gasteiger partial charge in [-0.1, -0.05) is 26.7 Å². The second kappa shape index (κ2) is 9.13. The Hall–Kier alpha value is 0.0300. The monoisotopic (exact) mass is 405 g/mol. The summed E-state index contributed by atoms with van der Waals surface area (Å²) >= 11 is 6.98. The zero-order chi connectivity index (χ0) is 15.1. The SMILES string of the molecule is CCC(CC)C(CNCc1ncc(Br)cc1Br)N(C)C. The molecule has 0 aliphatic rings. The van der Waals surface area contributed by atoms with Gasteiger partial charge >= 0.3 is 0 Å². The summed E-state index contributed by atoms with van der Waals surface area (Å²) in [5.74, 6) is 0.735. The Morgan fingerprint density at radius 1 is 1.25 bits per heavy atom. The lowest BCUT2D eigenvalue weighted by molar-refractivity contribution is 0.193. The Morgan fingerprint density at radius 2 is 1.90 bits per heavy atom. The van der Waals surface area contributed by atoms with Gasteiger partial charge in [-0.3, -0.25) is 4.98 Å². The van der Waals surface area contributed by atoms with Crippen molar-refractivity contribution in [2.45, 2.75) is 39.3 Å². The molecule has 0 aromatic carbocycles.